The molecular formula is C13H10ClFN2O3S. The predicted octanol–water partition coefficient (Wildman–Crippen LogP) is 3.28. The van der Waals surface area contributed by atoms with E-state index in [9.17, 15) is 18.7 Å². The Morgan fingerprint density at radius 3 is 2.71 bits per heavy atom. The Balaban J connectivity index is 2.41. The maximum atomic E-state index is 13.2. The number of nitrogen functional groups attached to an aromatic ring is 1. The van der Waals surface area contributed by atoms with Gasteiger partial charge in [0.05, 0.1) is 37.0 Å². The summed E-state index contributed by atoms with van der Waals surface area (Å²) in [5, 5.41) is 11.1. The van der Waals surface area contributed by atoms with E-state index >= 15 is 0 Å². The van der Waals surface area contributed by atoms with Crippen LogP contribution < -0.4 is 5.73 Å². The van der Waals surface area contributed by atoms with Gasteiger partial charge in [0.25, 0.3) is 5.69 Å². The number of nitro groups is 1. The Morgan fingerprint density at radius 2 is 2.05 bits per heavy atom. The highest BCUT2D eigenvalue weighted by Gasteiger charge is 2.20. The predicted molar refractivity (Wildman–Crippen MR) is 79.0 cm³/mol. The van der Waals surface area contributed by atoms with Crippen LogP contribution in [0.25, 0.3) is 0 Å². The summed E-state index contributed by atoms with van der Waals surface area (Å²) in [6.07, 6.45) is 0. The van der Waals surface area contributed by atoms with Gasteiger partial charge >= 0.3 is 0 Å². The van der Waals surface area contributed by atoms with Gasteiger partial charge in [-0.3, -0.25) is 14.3 Å². The van der Waals surface area contributed by atoms with Gasteiger partial charge in [-0.2, -0.15) is 0 Å². The van der Waals surface area contributed by atoms with Gasteiger partial charge in [0, 0.05) is 11.8 Å². The quantitative estimate of drug-likeness (QED) is 0.530. The lowest BCUT2D eigenvalue weighted by Gasteiger charge is -2.08. The number of benzene rings is 2. The van der Waals surface area contributed by atoms with Gasteiger partial charge in [-0.1, -0.05) is 17.7 Å². The molecule has 110 valence electrons. The Labute approximate surface area is 127 Å². The molecule has 2 N–H and O–H groups in total. The van der Waals surface area contributed by atoms with Gasteiger partial charge in [0.15, 0.2) is 0 Å². The molecule has 0 aliphatic heterocycles. The fourth-order valence-corrected chi connectivity index (χ4v) is 3.39. The third-order valence-corrected chi connectivity index (χ3v) is 4.54. The van der Waals surface area contributed by atoms with E-state index in [1.54, 1.807) is 0 Å². The zero-order chi connectivity index (χ0) is 15.6. The lowest BCUT2D eigenvalue weighted by Crippen LogP contribution is -2.04. The SMILES string of the molecule is Nc1ccc(F)cc1S(=O)Cc1c(Cl)cccc1[N+](=O)[O-]. The van der Waals surface area contributed by atoms with Crippen LogP contribution in [0.3, 0.4) is 0 Å². The summed E-state index contributed by atoms with van der Waals surface area (Å²) in [7, 11) is -1.75. The van der Waals surface area contributed by atoms with E-state index < -0.39 is 21.5 Å². The third-order valence-electron chi connectivity index (χ3n) is 2.79. The number of hydrogen-bond acceptors (Lipinski definition) is 4. The van der Waals surface area contributed by atoms with Gasteiger partial charge < -0.3 is 5.73 Å². The normalized spacial score (nSPS) is 12.1. The Kier molecular flexibility index (Phi) is 4.54. The molecule has 1 unspecified atom stereocenters. The number of nitrogens with two attached hydrogens (primary N) is 1. The summed E-state index contributed by atoms with van der Waals surface area (Å²) >= 11 is 5.93. The molecule has 0 heterocycles. The lowest BCUT2D eigenvalue weighted by atomic mass is 10.2. The standard InChI is InChI=1S/C13H10ClFN2O3S/c14-10-2-1-3-12(17(18)19)9(10)7-21(20)13-6-8(15)4-5-11(13)16/h1-6H,7,16H2. The molecule has 0 bridgehead atoms. The molecule has 5 nitrogen and oxygen atoms in total. The van der Waals surface area contributed by atoms with Crippen molar-refractivity contribution in [3.8, 4) is 0 Å². The molecule has 0 amide bonds. The maximum Gasteiger partial charge on any atom is 0.275 e. The van der Waals surface area contributed by atoms with E-state index in [2.05, 4.69) is 0 Å². The summed E-state index contributed by atoms with van der Waals surface area (Å²) in [5.41, 5.74) is 5.71. The van der Waals surface area contributed by atoms with Crippen LogP contribution in [0.5, 0.6) is 0 Å². The molecular weight excluding hydrogens is 319 g/mol. The van der Waals surface area contributed by atoms with Gasteiger partial charge in [-0.05, 0) is 24.3 Å². The minimum atomic E-state index is -1.75. The highest BCUT2D eigenvalue weighted by molar-refractivity contribution is 7.84. The second-order valence-electron chi connectivity index (χ2n) is 4.17. The third kappa shape index (κ3) is 3.37. The lowest BCUT2D eigenvalue weighted by molar-refractivity contribution is -0.385. The number of hydrogen-bond donors (Lipinski definition) is 1. The molecule has 0 aliphatic carbocycles. The van der Waals surface area contributed by atoms with Crippen LogP contribution in [-0.4, -0.2) is 9.13 Å². The first kappa shape index (κ1) is 15.4. The average Bonchev–Trinajstić information content (AvgIpc) is 2.43. The Bertz CT molecular complexity index is 739. The molecule has 1 atom stereocenters. The largest absolute Gasteiger partial charge is 0.398 e. The highest BCUT2D eigenvalue weighted by Crippen LogP contribution is 2.30. The molecule has 0 saturated heterocycles. The molecule has 0 aromatic heterocycles. The summed E-state index contributed by atoms with van der Waals surface area (Å²) in [6.45, 7) is 0. The van der Waals surface area contributed by atoms with Crippen LogP contribution in [0.1, 0.15) is 5.56 Å². The number of rotatable bonds is 4. The molecule has 0 radical (unpaired) electrons. The number of nitro benzene ring substituents is 1. The van der Waals surface area contributed by atoms with Crippen molar-refractivity contribution in [2.24, 2.45) is 0 Å². The van der Waals surface area contributed by atoms with Crippen LogP contribution in [0, 0.1) is 15.9 Å². The monoisotopic (exact) mass is 328 g/mol. The molecule has 2 rings (SSSR count). The van der Waals surface area contributed by atoms with Crippen LogP contribution in [0.4, 0.5) is 15.8 Å². The second kappa shape index (κ2) is 6.19. The van der Waals surface area contributed by atoms with E-state index in [-0.39, 0.29) is 32.6 Å². The summed E-state index contributed by atoms with van der Waals surface area (Å²) in [5.74, 6) is -0.801. The van der Waals surface area contributed by atoms with Gasteiger partial charge in [-0.25, -0.2) is 4.39 Å². The van der Waals surface area contributed by atoms with Crippen LogP contribution in [-0.2, 0) is 16.6 Å². The molecule has 21 heavy (non-hydrogen) atoms. The molecule has 8 heteroatoms. The van der Waals surface area contributed by atoms with Gasteiger partial charge in [0.2, 0.25) is 0 Å². The van der Waals surface area contributed by atoms with Crippen molar-refractivity contribution >= 4 is 33.8 Å². The van der Waals surface area contributed by atoms with E-state index in [0.717, 1.165) is 12.1 Å². The topological polar surface area (TPSA) is 86.2 Å². The van der Waals surface area contributed by atoms with Crippen molar-refractivity contribution in [1.82, 2.24) is 0 Å². The van der Waals surface area contributed by atoms with Crippen molar-refractivity contribution in [3.05, 3.63) is 62.9 Å². The van der Waals surface area contributed by atoms with E-state index in [1.807, 2.05) is 0 Å². The first-order valence-corrected chi connectivity index (χ1v) is 7.45. The minimum Gasteiger partial charge on any atom is -0.398 e. The van der Waals surface area contributed by atoms with Crippen molar-refractivity contribution in [1.29, 1.82) is 0 Å². The summed E-state index contributed by atoms with van der Waals surface area (Å²) in [4.78, 5) is 10.5. The van der Waals surface area contributed by atoms with Crippen molar-refractivity contribution < 1.29 is 13.5 Å². The zero-order valence-corrected chi connectivity index (χ0v) is 12.2. The fraction of sp³-hybridized carbons (Fsp3) is 0.0769. The molecule has 2 aromatic carbocycles. The number of halogens is 2. The summed E-state index contributed by atoms with van der Waals surface area (Å²) in [6, 6.07) is 7.67. The first-order chi connectivity index (χ1) is 9.90. The maximum absolute atomic E-state index is 13.2. The second-order valence-corrected chi connectivity index (χ2v) is 5.99. The Morgan fingerprint density at radius 1 is 1.33 bits per heavy atom. The van der Waals surface area contributed by atoms with Gasteiger partial charge in [-0.15, -0.1) is 0 Å². The van der Waals surface area contributed by atoms with Gasteiger partial charge in [0.1, 0.15) is 5.82 Å². The smallest absolute Gasteiger partial charge is 0.275 e. The highest BCUT2D eigenvalue weighted by atomic mass is 35.5. The fourth-order valence-electron chi connectivity index (χ4n) is 1.78. The van der Waals surface area contributed by atoms with Crippen LogP contribution in [0.15, 0.2) is 41.3 Å². The molecule has 0 saturated carbocycles. The van der Waals surface area contributed by atoms with Crippen molar-refractivity contribution in [2.75, 3.05) is 5.73 Å². The van der Waals surface area contributed by atoms with Crippen molar-refractivity contribution in [2.45, 2.75) is 10.6 Å². The average molecular weight is 329 g/mol. The summed E-state index contributed by atoms with van der Waals surface area (Å²) < 4.78 is 25.5. The number of anilines is 1. The minimum absolute atomic E-state index is 0.0872. The molecule has 0 fully saturated rings. The number of nitrogens with zero attached hydrogens (tertiary/aromatic N) is 1. The van der Waals surface area contributed by atoms with Crippen molar-refractivity contribution in [3.63, 3.8) is 0 Å². The van der Waals surface area contributed by atoms with E-state index in [4.69, 9.17) is 17.3 Å². The molecule has 0 spiro atoms. The van der Waals surface area contributed by atoms with Crippen LogP contribution in [0.2, 0.25) is 5.02 Å². The molecule has 0 aliphatic rings. The van der Waals surface area contributed by atoms with E-state index in [1.165, 1.54) is 24.3 Å². The first-order valence-electron chi connectivity index (χ1n) is 5.75. The van der Waals surface area contributed by atoms with E-state index in [0.29, 0.717) is 0 Å². The van der Waals surface area contributed by atoms with Crippen LogP contribution >= 0.6 is 11.6 Å². The zero-order valence-electron chi connectivity index (χ0n) is 10.6. The molecule has 2 aromatic rings. The Hall–Kier alpha value is -1.99.